The maximum Gasteiger partial charge on any atom is 0.312 e. The number of hydrogen-bond donors (Lipinski definition) is 1. The van der Waals surface area contributed by atoms with Crippen molar-refractivity contribution in [1.29, 1.82) is 0 Å². The number of aliphatic carboxylic acids is 1. The highest BCUT2D eigenvalue weighted by atomic mass is 16.5. The van der Waals surface area contributed by atoms with Crippen LogP contribution in [-0.2, 0) is 4.79 Å². The van der Waals surface area contributed by atoms with Gasteiger partial charge in [0, 0.05) is 6.54 Å². The minimum Gasteiger partial charge on any atom is -0.496 e. The number of rotatable bonds is 6. The van der Waals surface area contributed by atoms with Crippen molar-refractivity contribution in [3.8, 4) is 5.75 Å². The third kappa shape index (κ3) is 4.20. The SMILES string of the molecule is COc1ccccc1C1CCN(CC(C(=O)O)c2ccccc2)CC1. The van der Waals surface area contributed by atoms with Crippen molar-refractivity contribution in [2.24, 2.45) is 0 Å². The molecule has 0 aliphatic carbocycles. The van der Waals surface area contributed by atoms with E-state index in [-0.39, 0.29) is 0 Å². The van der Waals surface area contributed by atoms with Crippen LogP contribution in [0, 0.1) is 0 Å². The molecule has 1 atom stereocenters. The Morgan fingerprint density at radius 1 is 1.12 bits per heavy atom. The third-order valence-electron chi connectivity index (χ3n) is 5.11. The van der Waals surface area contributed by atoms with Gasteiger partial charge in [0.1, 0.15) is 5.75 Å². The second-order valence-electron chi connectivity index (χ2n) is 6.62. The summed E-state index contributed by atoms with van der Waals surface area (Å²) in [6.45, 7) is 2.40. The number of carbonyl (C=O) groups is 1. The van der Waals surface area contributed by atoms with Gasteiger partial charge in [0.25, 0.3) is 0 Å². The zero-order valence-corrected chi connectivity index (χ0v) is 14.6. The van der Waals surface area contributed by atoms with E-state index in [9.17, 15) is 9.90 Å². The predicted octanol–water partition coefficient (Wildman–Crippen LogP) is 3.74. The first-order valence-electron chi connectivity index (χ1n) is 8.82. The number of hydrogen-bond acceptors (Lipinski definition) is 3. The van der Waals surface area contributed by atoms with Crippen LogP contribution in [-0.4, -0.2) is 42.7 Å². The van der Waals surface area contributed by atoms with E-state index in [0.29, 0.717) is 12.5 Å². The summed E-state index contributed by atoms with van der Waals surface area (Å²) in [6.07, 6.45) is 2.06. The fraction of sp³-hybridized carbons (Fsp3) is 0.381. The lowest BCUT2D eigenvalue weighted by atomic mass is 9.88. The zero-order chi connectivity index (χ0) is 17.6. The molecule has 1 aliphatic heterocycles. The molecule has 1 saturated heterocycles. The van der Waals surface area contributed by atoms with Crippen LogP contribution < -0.4 is 4.74 Å². The minimum atomic E-state index is -0.752. The van der Waals surface area contributed by atoms with Crippen LogP contribution in [0.25, 0.3) is 0 Å². The molecular weight excluding hydrogens is 314 g/mol. The molecule has 2 aromatic rings. The highest BCUT2D eigenvalue weighted by molar-refractivity contribution is 5.76. The third-order valence-corrected chi connectivity index (χ3v) is 5.11. The van der Waals surface area contributed by atoms with E-state index in [4.69, 9.17) is 4.74 Å². The first kappa shape index (κ1) is 17.5. The van der Waals surface area contributed by atoms with Gasteiger partial charge in [-0.2, -0.15) is 0 Å². The van der Waals surface area contributed by atoms with Gasteiger partial charge in [0.2, 0.25) is 0 Å². The van der Waals surface area contributed by atoms with Crippen LogP contribution in [0.5, 0.6) is 5.75 Å². The molecule has 3 rings (SSSR count). The molecule has 4 nitrogen and oxygen atoms in total. The van der Waals surface area contributed by atoms with Gasteiger partial charge in [-0.3, -0.25) is 4.79 Å². The van der Waals surface area contributed by atoms with Crippen molar-refractivity contribution in [1.82, 2.24) is 4.90 Å². The lowest BCUT2D eigenvalue weighted by Gasteiger charge is -2.34. The molecule has 1 heterocycles. The molecule has 1 unspecified atom stereocenters. The molecule has 2 aromatic carbocycles. The first-order chi connectivity index (χ1) is 12.2. The number of nitrogens with zero attached hydrogens (tertiary/aromatic N) is 1. The minimum absolute atomic E-state index is 0.469. The average Bonchev–Trinajstić information content (AvgIpc) is 2.67. The summed E-state index contributed by atoms with van der Waals surface area (Å²) in [7, 11) is 1.71. The van der Waals surface area contributed by atoms with Crippen LogP contribution >= 0.6 is 0 Å². The first-order valence-corrected chi connectivity index (χ1v) is 8.82. The van der Waals surface area contributed by atoms with Crippen LogP contribution in [0.15, 0.2) is 54.6 Å². The molecule has 1 N–H and O–H groups in total. The molecule has 132 valence electrons. The number of carboxylic acids is 1. The number of ether oxygens (including phenoxy) is 1. The van der Waals surface area contributed by atoms with Crippen molar-refractivity contribution in [2.75, 3.05) is 26.7 Å². The Bertz CT molecular complexity index is 693. The molecule has 0 spiro atoms. The molecule has 0 amide bonds. The predicted molar refractivity (Wildman–Crippen MR) is 98.2 cm³/mol. The van der Waals surface area contributed by atoms with Gasteiger partial charge < -0.3 is 14.7 Å². The van der Waals surface area contributed by atoms with Gasteiger partial charge in [-0.15, -0.1) is 0 Å². The summed E-state index contributed by atoms with van der Waals surface area (Å²) in [5.41, 5.74) is 2.14. The van der Waals surface area contributed by atoms with E-state index in [2.05, 4.69) is 17.0 Å². The van der Waals surface area contributed by atoms with E-state index in [1.807, 2.05) is 42.5 Å². The Hall–Kier alpha value is -2.33. The molecule has 1 fully saturated rings. The van der Waals surface area contributed by atoms with Crippen molar-refractivity contribution in [3.05, 3.63) is 65.7 Å². The maximum atomic E-state index is 11.7. The lowest BCUT2D eigenvalue weighted by Crippen LogP contribution is -2.37. The molecule has 0 saturated carbocycles. The summed E-state index contributed by atoms with van der Waals surface area (Å²) < 4.78 is 5.49. The Morgan fingerprint density at radius 3 is 2.40 bits per heavy atom. The van der Waals surface area contributed by atoms with Crippen molar-refractivity contribution in [3.63, 3.8) is 0 Å². The number of carboxylic acid groups (broad SMARTS) is 1. The number of methoxy groups -OCH3 is 1. The molecule has 25 heavy (non-hydrogen) atoms. The Labute approximate surface area is 149 Å². The second kappa shape index (κ2) is 8.17. The van der Waals surface area contributed by atoms with Crippen molar-refractivity contribution >= 4 is 5.97 Å². The molecule has 4 heteroatoms. The summed E-state index contributed by atoms with van der Waals surface area (Å²) in [4.78, 5) is 14.0. The summed E-state index contributed by atoms with van der Waals surface area (Å²) >= 11 is 0. The molecule has 0 bridgehead atoms. The van der Waals surface area contributed by atoms with E-state index >= 15 is 0 Å². The van der Waals surface area contributed by atoms with Gasteiger partial charge in [-0.25, -0.2) is 0 Å². The Balaban J connectivity index is 1.63. The van der Waals surface area contributed by atoms with E-state index in [1.54, 1.807) is 7.11 Å². The van der Waals surface area contributed by atoms with Gasteiger partial charge in [-0.1, -0.05) is 48.5 Å². The fourth-order valence-corrected chi connectivity index (χ4v) is 3.70. The Morgan fingerprint density at radius 2 is 1.76 bits per heavy atom. The van der Waals surface area contributed by atoms with Gasteiger partial charge in [0.05, 0.1) is 13.0 Å². The highest BCUT2D eigenvalue weighted by Crippen LogP contribution is 2.34. The average molecular weight is 339 g/mol. The smallest absolute Gasteiger partial charge is 0.312 e. The van der Waals surface area contributed by atoms with Crippen LogP contribution in [0.3, 0.4) is 0 Å². The fourth-order valence-electron chi connectivity index (χ4n) is 3.70. The maximum absolute atomic E-state index is 11.7. The van der Waals surface area contributed by atoms with Crippen LogP contribution in [0.1, 0.15) is 35.8 Å². The normalized spacial score (nSPS) is 17.2. The molecule has 0 aromatic heterocycles. The van der Waals surface area contributed by atoms with E-state index < -0.39 is 11.9 Å². The van der Waals surface area contributed by atoms with Crippen LogP contribution in [0.2, 0.25) is 0 Å². The molecular formula is C21H25NO3. The number of para-hydroxylation sites is 1. The van der Waals surface area contributed by atoms with E-state index in [1.165, 1.54) is 5.56 Å². The quantitative estimate of drug-likeness (QED) is 0.871. The number of benzene rings is 2. The van der Waals surface area contributed by atoms with Gasteiger partial charge in [-0.05, 0) is 49.0 Å². The summed E-state index contributed by atoms with van der Waals surface area (Å²) in [5, 5.41) is 9.61. The van der Waals surface area contributed by atoms with Crippen molar-refractivity contribution in [2.45, 2.75) is 24.7 Å². The largest absolute Gasteiger partial charge is 0.496 e. The standard InChI is InChI=1S/C21H25NO3/c1-25-20-10-6-5-9-18(20)17-11-13-22(14-12-17)15-19(21(23)24)16-7-3-2-4-8-16/h2-10,17,19H,11-15H2,1H3,(H,23,24). The van der Waals surface area contributed by atoms with Gasteiger partial charge in [0.15, 0.2) is 0 Å². The topological polar surface area (TPSA) is 49.8 Å². The second-order valence-corrected chi connectivity index (χ2v) is 6.62. The Kier molecular flexibility index (Phi) is 5.71. The number of piperidine rings is 1. The molecule has 1 aliphatic rings. The highest BCUT2D eigenvalue weighted by Gasteiger charge is 2.27. The number of likely N-dealkylation sites (tertiary alicyclic amines) is 1. The summed E-state index contributed by atoms with van der Waals surface area (Å²) in [5.74, 6) is 0.211. The van der Waals surface area contributed by atoms with Crippen LogP contribution in [0.4, 0.5) is 0 Å². The molecule has 0 radical (unpaired) electrons. The van der Waals surface area contributed by atoms with Gasteiger partial charge >= 0.3 is 5.97 Å². The zero-order valence-electron chi connectivity index (χ0n) is 14.6. The lowest BCUT2D eigenvalue weighted by molar-refractivity contribution is -0.139. The monoisotopic (exact) mass is 339 g/mol. The van der Waals surface area contributed by atoms with E-state index in [0.717, 1.165) is 37.2 Å². The summed E-state index contributed by atoms with van der Waals surface area (Å²) in [6, 6.07) is 17.7. The van der Waals surface area contributed by atoms with Crippen molar-refractivity contribution < 1.29 is 14.6 Å².